The van der Waals surface area contributed by atoms with Crippen LogP contribution in [0.25, 0.3) is 10.9 Å². The molecule has 0 bridgehead atoms. The Balaban J connectivity index is 1.41. The Hall–Kier alpha value is -2.86. The smallest absolute Gasteiger partial charge is 0.256 e. The number of fused-ring (bicyclic) bond motifs is 1. The number of amides is 1. The maximum absolute atomic E-state index is 12.5. The number of benzene rings is 2. The monoisotopic (exact) mass is 336 g/mol. The van der Waals surface area contributed by atoms with Crippen LogP contribution in [0.4, 0.5) is 5.69 Å². The van der Waals surface area contributed by atoms with E-state index < -0.39 is 6.10 Å². The Bertz CT molecular complexity index is 869. The predicted octanol–water partition coefficient (Wildman–Crippen LogP) is 1.95. The summed E-state index contributed by atoms with van der Waals surface area (Å²) in [6.07, 6.45) is 0.726. The molecule has 1 saturated heterocycles. The Morgan fingerprint density at radius 3 is 2.60 bits per heavy atom. The van der Waals surface area contributed by atoms with Crippen molar-refractivity contribution in [2.24, 2.45) is 0 Å². The lowest BCUT2D eigenvalue weighted by Crippen LogP contribution is -2.50. The Kier molecular flexibility index (Phi) is 4.11. The van der Waals surface area contributed by atoms with Gasteiger partial charge in [0.1, 0.15) is 0 Å². The number of aliphatic hydroxyl groups excluding tert-OH is 1. The fourth-order valence-corrected chi connectivity index (χ4v) is 3.26. The summed E-state index contributed by atoms with van der Waals surface area (Å²) in [5.41, 5.74) is 2.79. The van der Waals surface area contributed by atoms with Gasteiger partial charge < -0.3 is 14.9 Å². The van der Waals surface area contributed by atoms with Gasteiger partial charge in [-0.25, -0.2) is 0 Å². The molecule has 6 heteroatoms. The molecule has 1 atom stereocenters. The lowest BCUT2D eigenvalue weighted by atomic mass is 10.1. The molecule has 0 radical (unpaired) electrons. The summed E-state index contributed by atoms with van der Waals surface area (Å²) in [7, 11) is 0. The van der Waals surface area contributed by atoms with E-state index in [1.165, 1.54) is 0 Å². The van der Waals surface area contributed by atoms with Crippen molar-refractivity contribution in [2.75, 3.05) is 31.1 Å². The molecule has 1 fully saturated rings. The lowest BCUT2D eigenvalue weighted by molar-refractivity contribution is -0.140. The summed E-state index contributed by atoms with van der Waals surface area (Å²) < 4.78 is 0. The van der Waals surface area contributed by atoms with Crippen molar-refractivity contribution in [1.29, 1.82) is 0 Å². The number of carbonyl (C=O) groups excluding carboxylic acids is 1. The van der Waals surface area contributed by atoms with Crippen LogP contribution in [0, 0.1) is 0 Å². The van der Waals surface area contributed by atoms with Crippen molar-refractivity contribution in [1.82, 2.24) is 15.1 Å². The maximum Gasteiger partial charge on any atom is 0.256 e. The normalized spacial score (nSPS) is 16.2. The molecule has 2 aromatic carbocycles. The average molecular weight is 336 g/mol. The van der Waals surface area contributed by atoms with Gasteiger partial charge in [-0.2, -0.15) is 5.10 Å². The standard InChI is InChI=1S/C19H20N4O2/c24-18(14-4-2-1-3-5-14)19(25)23-10-8-22(9-11-23)16-6-7-17-15(12-16)13-20-21-17/h1-7,12-13,18,24H,8-11H2,(H,20,21)/t18-/m1/s1. The zero-order valence-corrected chi connectivity index (χ0v) is 13.8. The van der Waals surface area contributed by atoms with Gasteiger partial charge in [-0.05, 0) is 23.8 Å². The van der Waals surface area contributed by atoms with Gasteiger partial charge >= 0.3 is 0 Å². The van der Waals surface area contributed by atoms with E-state index in [0.717, 1.165) is 29.7 Å². The second kappa shape index (κ2) is 6.57. The molecule has 1 aromatic heterocycles. The van der Waals surface area contributed by atoms with E-state index in [1.807, 2.05) is 30.5 Å². The molecule has 2 heterocycles. The molecule has 1 aliphatic heterocycles. The number of aliphatic hydroxyl groups is 1. The minimum absolute atomic E-state index is 0.226. The Labute approximate surface area is 145 Å². The van der Waals surface area contributed by atoms with E-state index in [4.69, 9.17) is 0 Å². The van der Waals surface area contributed by atoms with Gasteiger partial charge in [-0.3, -0.25) is 9.89 Å². The first-order chi connectivity index (χ1) is 12.2. The fourth-order valence-electron chi connectivity index (χ4n) is 3.26. The van der Waals surface area contributed by atoms with Crippen LogP contribution in [0.3, 0.4) is 0 Å². The second-order valence-electron chi connectivity index (χ2n) is 6.27. The molecule has 4 rings (SSSR count). The number of H-pyrrole nitrogens is 1. The number of aromatic nitrogens is 2. The third-order valence-corrected chi connectivity index (χ3v) is 4.73. The van der Waals surface area contributed by atoms with Crippen molar-refractivity contribution in [2.45, 2.75) is 6.10 Å². The molecule has 0 unspecified atom stereocenters. The predicted molar refractivity (Wildman–Crippen MR) is 96.3 cm³/mol. The van der Waals surface area contributed by atoms with Crippen molar-refractivity contribution >= 4 is 22.5 Å². The molecule has 1 amide bonds. The summed E-state index contributed by atoms with van der Waals surface area (Å²) in [5.74, 6) is -0.226. The number of aromatic amines is 1. The van der Waals surface area contributed by atoms with E-state index in [1.54, 1.807) is 17.0 Å². The molecule has 0 spiro atoms. The fraction of sp³-hybridized carbons (Fsp3) is 0.263. The molecule has 0 aliphatic carbocycles. The summed E-state index contributed by atoms with van der Waals surface area (Å²) in [6.45, 7) is 2.70. The van der Waals surface area contributed by atoms with Crippen LogP contribution in [0.1, 0.15) is 11.7 Å². The number of nitrogens with zero attached hydrogens (tertiary/aromatic N) is 3. The highest BCUT2D eigenvalue weighted by atomic mass is 16.3. The second-order valence-corrected chi connectivity index (χ2v) is 6.27. The number of hydrogen-bond donors (Lipinski definition) is 2. The summed E-state index contributed by atoms with van der Waals surface area (Å²) in [5, 5.41) is 18.4. The first kappa shape index (κ1) is 15.7. The number of hydrogen-bond acceptors (Lipinski definition) is 4. The van der Waals surface area contributed by atoms with Gasteiger partial charge in [-0.15, -0.1) is 0 Å². The van der Waals surface area contributed by atoms with Crippen LogP contribution >= 0.6 is 0 Å². The minimum atomic E-state index is -1.09. The Morgan fingerprint density at radius 2 is 1.84 bits per heavy atom. The van der Waals surface area contributed by atoms with Crippen LogP contribution in [-0.4, -0.2) is 52.3 Å². The van der Waals surface area contributed by atoms with Gasteiger partial charge in [0.2, 0.25) is 0 Å². The molecule has 6 nitrogen and oxygen atoms in total. The average Bonchev–Trinajstić information content (AvgIpc) is 3.15. The van der Waals surface area contributed by atoms with Gasteiger partial charge in [0.15, 0.2) is 6.10 Å². The molecule has 2 N–H and O–H groups in total. The largest absolute Gasteiger partial charge is 0.378 e. The third-order valence-electron chi connectivity index (χ3n) is 4.73. The zero-order chi connectivity index (χ0) is 17.2. The van der Waals surface area contributed by atoms with E-state index in [9.17, 15) is 9.90 Å². The highest BCUT2D eigenvalue weighted by Gasteiger charge is 2.27. The van der Waals surface area contributed by atoms with Gasteiger partial charge in [-0.1, -0.05) is 30.3 Å². The van der Waals surface area contributed by atoms with Gasteiger partial charge in [0.05, 0.1) is 11.7 Å². The molecule has 1 aliphatic rings. The van der Waals surface area contributed by atoms with Crippen LogP contribution in [0.2, 0.25) is 0 Å². The molecule has 0 saturated carbocycles. The zero-order valence-electron chi connectivity index (χ0n) is 13.8. The third kappa shape index (κ3) is 3.08. The topological polar surface area (TPSA) is 72.5 Å². The van der Waals surface area contributed by atoms with Gasteiger partial charge in [0, 0.05) is 37.3 Å². The molecule has 25 heavy (non-hydrogen) atoms. The summed E-state index contributed by atoms with van der Waals surface area (Å²) in [4.78, 5) is 16.5. The number of piperazine rings is 1. The maximum atomic E-state index is 12.5. The van der Waals surface area contributed by atoms with Crippen molar-refractivity contribution < 1.29 is 9.90 Å². The van der Waals surface area contributed by atoms with Gasteiger partial charge in [0.25, 0.3) is 5.91 Å². The van der Waals surface area contributed by atoms with Crippen molar-refractivity contribution in [3.05, 3.63) is 60.3 Å². The first-order valence-electron chi connectivity index (χ1n) is 8.42. The molecule has 128 valence electrons. The van der Waals surface area contributed by atoms with Crippen molar-refractivity contribution in [3.8, 4) is 0 Å². The molecule has 3 aromatic rings. The van der Waals surface area contributed by atoms with E-state index >= 15 is 0 Å². The minimum Gasteiger partial charge on any atom is -0.378 e. The summed E-state index contributed by atoms with van der Waals surface area (Å²) >= 11 is 0. The van der Waals surface area contributed by atoms with Crippen LogP contribution < -0.4 is 4.90 Å². The number of anilines is 1. The molecular weight excluding hydrogens is 316 g/mol. The first-order valence-corrected chi connectivity index (χ1v) is 8.42. The number of carbonyl (C=O) groups is 1. The summed E-state index contributed by atoms with van der Waals surface area (Å²) in [6, 6.07) is 15.3. The van der Waals surface area contributed by atoms with Crippen LogP contribution in [-0.2, 0) is 4.79 Å². The quantitative estimate of drug-likeness (QED) is 0.767. The lowest BCUT2D eigenvalue weighted by Gasteiger charge is -2.37. The SMILES string of the molecule is O=C([C@H](O)c1ccccc1)N1CCN(c2ccc3[nH]ncc3c2)CC1. The highest BCUT2D eigenvalue weighted by molar-refractivity contribution is 5.83. The number of rotatable bonds is 3. The van der Waals surface area contributed by atoms with Crippen LogP contribution in [0.5, 0.6) is 0 Å². The van der Waals surface area contributed by atoms with E-state index in [0.29, 0.717) is 18.7 Å². The van der Waals surface area contributed by atoms with E-state index in [2.05, 4.69) is 27.2 Å². The van der Waals surface area contributed by atoms with Crippen LogP contribution in [0.15, 0.2) is 54.7 Å². The number of nitrogens with one attached hydrogen (secondary N) is 1. The Morgan fingerprint density at radius 1 is 1.08 bits per heavy atom. The van der Waals surface area contributed by atoms with Crippen molar-refractivity contribution in [3.63, 3.8) is 0 Å². The molecular formula is C19H20N4O2. The highest BCUT2D eigenvalue weighted by Crippen LogP contribution is 2.23. The van der Waals surface area contributed by atoms with E-state index in [-0.39, 0.29) is 5.91 Å².